The number of methoxy groups -OCH3 is 1. The predicted molar refractivity (Wildman–Crippen MR) is 68.7 cm³/mol. The normalized spacial score (nSPS) is 13.9. The predicted octanol–water partition coefficient (Wildman–Crippen LogP) is 1.49. The Bertz CT molecular complexity index is 247. The number of rotatable bonds is 8. The molecule has 100 valence electrons. The molecule has 4 nitrogen and oxygen atoms in total. The van der Waals surface area contributed by atoms with E-state index in [9.17, 15) is 9.90 Å². The first-order chi connectivity index (χ1) is 8.06. The maximum Gasteiger partial charge on any atom is 0.333 e. The number of hydrogen-bond donors (Lipinski definition) is 2. The first kappa shape index (κ1) is 16.1. The first-order valence-electron chi connectivity index (χ1n) is 6.20. The molecule has 1 atom stereocenters. The summed E-state index contributed by atoms with van der Waals surface area (Å²) in [6, 6.07) is 0. The summed E-state index contributed by atoms with van der Waals surface area (Å²) in [5.74, 6) is 0.0283. The number of hydrogen-bond acceptors (Lipinski definition) is 4. The molecule has 1 unspecified atom stereocenters. The van der Waals surface area contributed by atoms with Crippen LogP contribution in [-0.4, -0.2) is 37.4 Å². The number of ether oxygens (including phenoxy) is 1. The zero-order chi connectivity index (χ0) is 13.3. The molecule has 0 aliphatic carbocycles. The topological polar surface area (TPSA) is 58.6 Å². The van der Waals surface area contributed by atoms with E-state index in [1.165, 1.54) is 7.11 Å². The van der Waals surface area contributed by atoms with Crippen molar-refractivity contribution in [1.29, 1.82) is 0 Å². The quantitative estimate of drug-likeness (QED) is 0.385. The molecule has 0 aliphatic rings. The van der Waals surface area contributed by atoms with Crippen molar-refractivity contribution in [3.05, 3.63) is 11.6 Å². The Labute approximate surface area is 104 Å². The van der Waals surface area contributed by atoms with Gasteiger partial charge in [-0.1, -0.05) is 32.8 Å². The zero-order valence-corrected chi connectivity index (χ0v) is 11.3. The minimum Gasteiger partial charge on any atom is -0.466 e. The van der Waals surface area contributed by atoms with E-state index < -0.39 is 0 Å². The lowest BCUT2D eigenvalue weighted by atomic mass is 9.96. The zero-order valence-electron chi connectivity index (χ0n) is 11.3. The van der Waals surface area contributed by atoms with Crippen molar-refractivity contribution >= 4 is 5.97 Å². The van der Waals surface area contributed by atoms with Gasteiger partial charge >= 0.3 is 5.97 Å². The van der Waals surface area contributed by atoms with Crippen molar-refractivity contribution in [3.8, 4) is 0 Å². The van der Waals surface area contributed by atoms with Crippen molar-refractivity contribution in [3.63, 3.8) is 0 Å². The van der Waals surface area contributed by atoms with Crippen molar-refractivity contribution in [2.24, 2.45) is 5.92 Å². The number of esters is 1. The molecule has 0 saturated heterocycles. The Kier molecular flexibility index (Phi) is 8.72. The highest BCUT2D eigenvalue weighted by Crippen LogP contribution is 2.12. The molecule has 0 aliphatic heterocycles. The summed E-state index contributed by atoms with van der Waals surface area (Å²) < 4.78 is 4.58. The lowest BCUT2D eigenvalue weighted by Crippen LogP contribution is -2.32. The molecule has 4 heteroatoms. The van der Waals surface area contributed by atoms with Crippen molar-refractivity contribution in [2.45, 2.75) is 39.7 Å². The van der Waals surface area contributed by atoms with Gasteiger partial charge in [-0.3, -0.25) is 0 Å². The third kappa shape index (κ3) is 6.44. The SMILES string of the molecule is CCC(CC)C(O)CNC/C=C(/C)C(=O)OC. The second-order valence-electron chi connectivity index (χ2n) is 4.18. The summed E-state index contributed by atoms with van der Waals surface area (Å²) in [5.41, 5.74) is 0.581. The summed E-state index contributed by atoms with van der Waals surface area (Å²) in [6.45, 7) is 7.00. The highest BCUT2D eigenvalue weighted by Gasteiger charge is 2.14. The van der Waals surface area contributed by atoms with Gasteiger partial charge < -0.3 is 15.2 Å². The van der Waals surface area contributed by atoms with E-state index in [4.69, 9.17) is 0 Å². The van der Waals surface area contributed by atoms with Crippen LogP contribution in [0.3, 0.4) is 0 Å². The lowest BCUT2D eigenvalue weighted by Gasteiger charge is -2.20. The number of nitrogens with one attached hydrogen (secondary N) is 1. The fraction of sp³-hybridized carbons (Fsp3) is 0.769. The Morgan fingerprint density at radius 2 is 2.00 bits per heavy atom. The summed E-state index contributed by atoms with van der Waals surface area (Å²) in [4.78, 5) is 11.1. The fourth-order valence-corrected chi connectivity index (χ4v) is 1.70. The van der Waals surface area contributed by atoms with E-state index in [1.807, 2.05) is 0 Å². The maximum absolute atomic E-state index is 11.1. The van der Waals surface area contributed by atoms with E-state index in [0.717, 1.165) is 12.8 Å². The van der Waals surface area contributed by atoms with Gasteiger partial charge in [-0.15, -0.1) is 0 Å². The minimum atomic E-state index is -0.322. The van der Waals surface area contributed by atoms with Crippen molar-refractivity contribution in [1.82, 2.24) is 5.32 Å². The van der Waals surface area contributed by atoms with Gasteiger partial charge in [0, 0.05) is 18.7 Å². The van der Waals surface area contributed by atoms with Gasteiger partial charge in [0.2, 0.25) is 0 Å². The monoisotopic (exact) mass is 243 g/mol. The number of aliphatic hydroxyl groups is 1. The van der Waals surface area contributed by atoms with Crippen LogP contribution in [0, 0.1) is 5.92 Å². The molecular formula is C13H25NO3. The Morgan fingerprint density at radius 1 is 1.41 bits per heavy atom. The van der Waals surface area contributed by atoms with Crippen LogP contribution in [0.5, 0.6) is 0 Å². The van der Waals surface area contributed by atoms with E-state index in [0.29, 0.717) is 24.6 Å². The van der Waals surface area contributed by atoms with Gasteiger partial charge in [0.1, 0.15) is 0 Å². The summed E-state index contributed by atoms with van der Waals surface area (Å²) in [6.07, 6.45) is 3.41. The van der Waals surface area contributed by atoms with Gasteiger partial charge in [0.25, 0.3) is 0 Å². The third-order valence-corrected chi connectivity index (χ3v) is 3.01. The van der Waals surface area contributed by atoms with E-state index in [2.05, 4.69) is 23.9 Å². The van der Waals surface area contributed by atoms with E-state index in [1.54, 1.807) is 13.0 Å². The summed E-state index contributed by atoms with van der Waals surface area (Å²) >= 11 is 0. The number of aliphatic hydroxyl groups excluding tert-OH is 1. The molecule has 0 rings (SSSR count). The van der Waals surface area contributed by atoms with Crippen LogP contribution in [0.4, 0.5) is 0 Å². The molecule has 0 aromatic carbocycles. The van der Waals surface area contributed by atoms with Crippen LogP contribution >= 0.6 is 0 Å². The van der Waals surface area contributed by atoms with Gasteiger partial charge in [-0.25, -0.2) is 4.79 Å². The van der Waals surface area contributed by atoms with Gasteiger partial charge in [-0.2, -0.15) is 0 Å². The molecule has 0 aromatic rings. The number of carbonyl (C=O) groups excluding carboxylic acids is 1. The fourth-order valence-electron chi connectivity index (χ4n) is 1.70. The van der Waals surface area contributed by atoms with E-state index >= 15 is 0 Å². The molecular weight excluding hydrogens is 218 g/mol. The first-order valence-corrected chi connectivity index (χ1v) is 6.20. The van der Waals surface area contributed by atoms with E-state index in [-0.39, 0.29) is 12.1 Å². The second-order valence-corrected chi connectivity index (χ2v) is 4.18. The Hall–Kier alpha value is -0.870. The van der Waals surface area contributed by atoms with Gasteiger partial charge in [-0.05, 0) is 12.8 Å². The largest absolute Gasteiger partial charge is 0.466 e. The molecule has 0 aromatic heterocycles. The average Bonchev–Trinajstić information content (AvgIpc) is 2.34. The third-order valence-electron chi connectivity index (χ3n) is 3.01. The molecule has 17 heavy (non-hydrogen) atoms. The standard InChI is InChI=1S/C13H25NO3/c1-5-11(6-2)12(15)9-14-8-7-10(3)13(16)17-4/h7,11-12,14-15H,5-6,8-9H2,1-4H3/b10-7-. The molecule has 0 amide bonds. The molecule has 0 heterocycles. The molecule has 0 saturated carbocycles. The van der Waals surface area contributed by atoms with Crippen molar-refractivity contribution < 1.29 is 14.6 Å². The second kappa shape index (κ2) is 9.19. The molecule has 0 fully saturated rings. The highest BCUT2D eigenvalue weighted by molar-refractivity contribution is 5.87. The van der Waals surface area contributed by atoms with Crippen LogP contribution in [0.1, 0.15) is 33.6 Å². The summed E-state index contributed by atoms with van der Waals surface area (Å²) in [5, 5.41) is 13.0. The number of carbonyl (C=O) groups is 1. The summed E-state index contributed by atoms with van der Waals surface area (Å²) in [7, 11) is 1.37. The molecule has 2 N–H and O–H groups in total. The smallest absolute Gasteiger partial charge is 0.333 e. The van der Waals surface area contributed by atoms with Gasteiger partial charge in [0.05, 0.1) is 13.2 Å². The van der Waals surface area contributed by atoms with Crippen molar-refractivity contribution in [2.75, 3.05) is 20.2 Å². The Morgan fingerprint density at radius 3 is 2.47 bits per heavy atom. The maximum atomic E-state index is 11.1. The molecule has 0 spiro atoms. The molecule has 0 radical (unpaired) electrons. The average molecular weight is 243 g/mol. The minimum absolute atomic E-state index is 0.313. The van der Waals surface area contributed by atoms with Gasteiger partial charge in [0.15, 0.2) is 0 Å². The Balaban J connectivity index is 3.88. The van der Waals surface area contributed by atoms with Crippen LogP contribution < -0.4 is 5.32 Å². The lowest BCUT2D eigenvalue weighted by molar-refractivity contribution is -0.136. The van der Waals surface area contributed by atoms with Crippen LogP contribution in [0.2, 0.25) is 0 Å². The van der Waals surface area contributed by atoms with Crippen LogP contribution in [0.15, 0.2) is 11.6 Å². The molecule has 0 bridgehead atoms. The van der Waals surface area contributed by atoms with Crippen LogP contribution in [-0.2, 0) is 9.53 Å². The highest BCUT2D eigenvalue weighted by atomic mass is 16.5. The van der Waals surface area contributed by atoms with Crippen LogP contribution in [0.25, 0.3) is 0 Å².